The Balaban J connectivity index is 1.22. The van der Waals surface area contributed by atoms with E-state index in [2.05, 4.69) is 150 Å². The summed E-state index contributed by atoms with van der Waals surface area (Å²) in [6, 6.07) is 63.6. The molecule has 10 rings (SSSR count). The minimum absolute atomic E-state index is 0.703. The van der Waals surface area contributed by atoms with Crippen LogP contribution in [0.25, 0.3) is 94.3 Å². The van der Waals surface area contributed by atoms with Crippen LogP contribution in [0.2, 0.25) is 0 Å². The molecule has 0 aliphatic rings. The summed E-state index contributed by atoms with van der Waals surface area (Å²) in [4.78, 5) is 15.6. The lowest BCUT2D eigenvalue weighted by Gasteiger charge is -2.14. The molecule has 0 amide bonds. The summed E-state index contributed by atoms with van der Waals surface area (Å²) in [6.45, 7) is 0. The first-order valence-electron chi connectivity index (χ1n) is 17.2. The Labute approximate surface area is 295 Å². The second-order valence-corrected chi connectivity index (χ2v) is 12.8. The minimum atomic E-state index is 0.703. The number of hydrogen-bond acceptors (Lipinski definition) is 3. The predicted molar refractivity (Wildman–Crippen MR) is 211 cm³/mol. The first kappa shape index (κ1) is 29.0. The monoisotopic (exact) mass is 650 g/mol. The highest BCUT2D eigenvalue weighted by molar-refractivity contribution is 6.25. The van der Waals surface area contributed by atoms with Crippen molar-refractivity contribution in [2.75, 3.05) is 0 Å². The van der Waals surface area contributed by atoms with Crippen LogP contribution < -0.4 is 0 Å². The normalized spacial score (nSPS) is 11.5. The van der Waals surface area contributed by atoms with E-state index in [1.54, 1.807) is 0 Å². The maximum Gasteiger partial charge on any atom is 0.160 e. The fourth-order valence-electron chi connectivity index (χ4n) is 7.39. The number of pyridine rings is 1. The minimum Gasteiger partial charge on any atom is -0.308 e. The Morgan fingerprint density at radius 2 is 0.961 bits per heavy atom. The summed E-state index contributed by atoms with van der Waals surface area (Å²) in [5.41, 5.74) is 11.3. The van der Waals surface area contributed by atoms with Gasteiger partial charge in [-0.1, -0.05) is 158 Å². The van der Waals surface area contributed by atoms with Crippen molar-refractivity contribution >= 4 is 43.5 Å². The number of aromatic nitrogens is 4. The van der Waals surface area contributed by atoms with Crippen LogP contribution in [0.5, 0.6) is 0 Å². The molecule has 4 heteroatoms. The number of benzene rings is 7. The molecule has 3 aromatic heterocycles. The maximum atomic E-state index is 5.53. The number of fused-ring (bicyclic) bond motifs is 7. The number of para-hydroxylation sites is 2. The SMILES string of the molecule is c1ccc(-c2cc(-c3ccc(-c4nc5c6ccccc6ccc5c5c4c4ccccc4n5-c4ccccc4)cc3)nc(-c3ccccc3)n2)cc1. The van der Waals surface area contributed by atoms with Crippen LogP contribution in [0.3, 0.4) is 0 Å². The van der Waals surface area contributed by atoms with Crippen molar-refractivity contribution in [1.29, 1.82) is 0 Å². The molecule has 0 bridgehead atoms. The molecule has 3 heterocycles. The van der Waals surface area contributed by atoms with Gasteiger partial charge in [-0.2, -0.15) is 0 Å². The van der Waals surface area contributed by atoms with E-state index in [-0.39, 0.29) is 0 Å². The molecule has 0 spiro atoms. The van der Waals surface area contributed by atoms with Gasteiger partial charge >= 0.3 is 0 Å². The molecule has 0 atom stereocenters. The van der Waals surface area contributed by atoms with E-state index in [0.717, 1.165) is 77.7 Å². The third-order valence-corrected chi connectivity index (χ3v) is 9.79. The topological polar surface area (TPSA) is 43.6 Å². The van der Waals surface area contributed by atoms with Crippen LogP contribution in [0, 0.1) is 0 Å². The van der Waals surface area contributed by atoms with E-state index in [9.17, 15) is 0 Å². The molecule has 0 N–H and O–H groups in total. The van der Waals surface area contributed by atoms with Gasteiger partial charge in [0, 0.05) is 49.5 Å². The van der Waals surface area contributed by atoms with Gasteiger partial charge in [0.2, 0.25) is 0 Å². The van der Waals surface area contributed by atoms with Gasteiger partial charge < -0.3 is 4.57 Å². The Kier molecular flexibility index (Phi) is 6.78. The van der Waals surface area contributed by atoms with Gasteiger partial charge in [0.1, 0.15) is 0 Å². The first-order chi connectivity index (χ1) is 25.3. The third kappa shape index (κ3) is 4.88. The summed E-state index contributed by atoms with van der Waals surface area (Å²) in [5, 5.41) is 5.76. The molecule has 0 saturated heterocycles. The lowest BCUT2D eigenvalue weighted by molar-refractivity contribution is 1.18. The van der Waals surface area contributed by atoms with E-state index in [1.807, 2.05) is 36.4 Å². The van der Waals surface area contributed by atoms with Crippen LogP contribution in [-0.2, 0) is 0 Å². The molecule has 0 radical (unpaired) electrons. The molecular weight excluding hydrogens is 621 g/mol. The van der Waals surface area contributed by atoms with Gasteiger partial charge in [-0.3, -0.25) is 0 Å². The van der Waals surface area contributed by atoms with E-state index >= 15 is 0 Å². The Morgan fingerprint density at radius 1 is 0.392 bits per heavy atom. The van der Waals surface area contributed by atoms with Crippen molar-refractivity contribution < 1.29 is 0 Å². The van der Waals surface area contributed by atoms with Crippen molar-refractivity contribution in [2.24, 2.45) is 0 Å². The van der Waals surface area contributed by atoms with E-state index in [0.29, 0.717) is 5.82 Å². The van der Waals surface area contributed by atoms with E-state index < -0.39 is 0 Å². The summed E-state index contributed by atoms with van der Waals surface area (Å²) in [5.74, 6) is 0.703. The molecule has 51 heavy (non-hydrogen) atoms. The average Bonchev–Trinajstić information content (AvgIpc) is 3.57. The Hall–Kier alpha value is -6.91. The van der Waals surface area contributed by atoms with Crippen LogP contribution in [0.15, 0.2) is 182 Å². The Morgan fingerprint density at radius 3 is 1.69 bits per heavy atom. The zero-order valence-corrected chi connectivity index (χ0v) is 27.6. The van der Waals surface area contributed by atoms with Gasteiger partial charge in [-0.15, -0.1) is 0 Å². The molecule has 0 aliphatic heterocycles. The highest BCUT2D eigenvalue weighted by atomic mass is 15.0. The molecular formula is C47H30N4. The van der Waals surface area contributed by atoms with Crippen LogP contribution >= 0.6 is 0 Å². The van der Waals surface area contributed by atoms with Gasteiger partial charge in [0.25, 0.3) is 0 Å². The molecule has 0 fully saturated rings. The second kappa shape index (κ2) is 11.9. The van der Waals surface area contributed by atoms with Crippen molar-refractivity contribution in [3.05, 3.63) is 182 Å². The lowest BCUT2D eigenvalue weighted by atomic mass is 9.98. The quantitative estimate of drug-likeness (QED) is 0.174. The van der Waals surface area contributed by atoms with E-state index in [4.69, 9.17) is 15.0 Å². The maximum absolute atomic E-state index is 5.53. The summed E-state index contributed by atoms with van der Waals surface area (Å²) < 4.78 is 2.40. The van der Waals surface area contributed by atoms with E-state index in [1.165, 1.54) is 10.8 Å². The van der Waals surface area contributed by atoms with Crippen LogP contribution in [0.1, 0.15) is 0 Å². The summed E-state index contributed by atoms with van der Waals surface area (Å²) in [7, 11) is 0. The zero-order chi connectivity index (χ0) is 33.7. The Bertz CT molecular complexity index is 2820. The smallest absolute Gasteiger partial charge is 0.160 e. The fourth-order valence-corrected chi connectivity index (χ4v) is 7.39. The molecule has 4 nitrogen and oxygen atoms in total. The zero-order valence-electron chi connectivity index (χ0n) is 27.6. The highest BCUT2D eigenvalue weighted by Crippen LogP contribution is 2.43. The van der Waals surface area contributed by atoms with Crippen LogP contribution in [0.4, 0.5) is 0 Å². The number of nitrogens with zero attached hydrogens (tertiary/aromatic N) is 4. The van der Waals surface area contributed by atoms with Crippen molar-refractivity contribution in [3.8, 4) is 50.8 Å². The second-order valence-electron chi connectivity index (χ2n) is 12.8. The van der Waals surface area contributed by atoms with Crippen LogP contribution in [-0.4, -0.2) is 19.5 Å². The lowest BCUT2D eigenvalue weighted by Crippen LogP contribution is -1.97. The standard InChI is InChI=1S/C47H30N4/c1-4-15-32(16-5-1)40-30-41(49-47(48-40)35-17-6-2-7-18-35)33-24-26-34(27-25-33)44-43-38-22-12-13-23-42(38)51(36-19-8-3-9-20-36)46(43)39-29-28-31-14-10-11-21-37(31)45(39)50-44/h1-30H. The fraction of sp³-hybridized carbons (Fsp3) is 0. The first-order valence-corrected chi connectivity index (χ1v) is 17.2. The number of hydrogen-bond donors (Lipinski definition) is 0. The predicted octanol–water partition coefficient (Wildman–Crippen LogP) is 11.9. The highest BCUT2D eigenvalue weighted by Gasteiger charge is 2.21. The summed E-state index contributed by atoms with van der Waals surface area (Å²) in [6.07, 6.45) is 0. The average molecular weight is 651 g/mol. The molecule has 10 aromatic rings. The van der Waals surface area contributed by atoms with Crippen molar-refractivity contribution in [2.45, 2.75) is 0 Å². The molecule has 238 valence electrons. The molecule has 0 saturated carbocycles. The van der Waals surface area contributed by atoms with Gasteiger partial charge in [-0.25, -0.2) is 15.0 Å². The van der Waals surface area contributed by atoms with Crippen molar-refractivity contribution in [3.63, 3.8) is 0 Å². The van der Waals surface area contributed by atoms with Gasteiger partial charge in [-0.05, 0) is 29.7 Å². The number of rotatable bonds is 5. The molecule has 0 aliphatic carbocycles. The van der Waals surface area contributed by atoms with Crippen molar-refractivity contribution in [1.82, 2.24) is 19.5 Å². The third-order valence-electron chi connectivity index (χ3n) is 9.79. The molecule has 7 aromatic carbocycles. The van der Waals surface area contributed by atoms with Gasteiger partial charge in [0.15, 0.2) is 5.82 Å². The van der Waals surface area contributed by atoms with Gasteiger partial charge in [0.05, 0.1) is 33.6 Å². The summed E-state index contributed by atoms with van der Waals surface area (Å²) >= 11 is 0. The molecule has 0 unspecified atom stereocenters. The largest absolute Gasteiger partial charge is 0.308 e.